The van der Waals surface area contributed by atoms with Gasteiger partial charge < -0.3 is 9.64 Å². The molecule has 1 fully saturated rings. The van der Waals surface area contributed by atoms with E-state index in [0.717, 1.165) is 39.1 Å². The Labute approximate surface area is 111 Å². The fourth-order valence-corrected chi connectivity index (χ4v) is 2.14. The van der Waals surface area contributed by atoms with Crippen LogP contribution in [0.15, 0.2) is 0 Å². The lowest BCUT2D eigenvalue weighted by atomic mass is 9.97. The zero-order chi connectivity index (χ0) is 13.4. The minimum Gasteiger partial charge on any atom is -0.383 e. The van der Waals surface area contributed by atoms with E-state index < -0.39 is 0 Å². The van der Waals surface area contributed by atoms with Crippen LogP contribution in [0.1, 0.15) is 39.5 Å². The number of nitrogens with zero attached hydrogens (tertiary/aromatic N) is 2. The Bertz CT molecular complexity index is 273. The van der Waals surface area contributed by atoms with Crippen LogP contribution in [-0.2, 0) is 4.74 Å². The van der Waals surface area contributed by atoms with Gasteiger partial charge in [-0.3, -0.25) is 5.32 Å². The van der Waals surface area contributed by atoms with Crippen LogP contribution in [-0.4, -0.2) is 49.8 Å². The van der Waals surface area contributed by atoms with Crippen molar-refractivity contribution in [3.8, 4) is 6.07 Å². The van der Waals surface area contributed by atoms with Crippen molar-refractivity contribution in [2.24, 2.45) is 0 Å². The highest BCUT2D eigenvalue weighted by atomic mass is 16.5. The molecule has 0 heterocycles. The van der Waals surface area contributed by atoms with Crippen LogP contribution in [0.4, 0.5) is 0 Å². The number of ether oxygens (including phenoxy) is 1. The van der Waals surface area contributed by atoms with E-state index in [4.69, 9.17) is 4.74 Å². The molecule has 1 aliphatic rings. The van der Waals surface area contributed by atoms with Crippen LogP contribution in [0.2, 0.25) is 0 Å². The third-order valence-electron chi connectivity index (χ3n) is 3.56. The standard InChI is InChI=1S/C14H27N3O/c1-4-17(10-11-18-3)9-5-8-14(2,12-15)16-13-6-7-13/h13,16H,4-11H2,1-3H3. The van der Waals surface area contributed by atoms with Gasteiger partial charge in [0.05, 0.1) is 12.7 Å². The van der Waals surface area contributed by atoms with E-state index in [1.165, 1.54) is 12.8 Å². The second-order valence-electron chi connectivity index (χ2n) is 5.39. The van der Waals surface area contributed by atoms with Gasteiger partial charge in [-0.15, -0.1) is 0 Å². The van der Waals surface area contributed by atoms with Crippen LogP contribution in [0.3, 0.4) is 0 Å². The van der Waals surface area contributed by atoms with Gasteiger partial charge >= 0.3 is 0 Å². The van der Waals surface area contributed by atoms with Gasteiger partial charge in [0.25, 0.3) is 0 Å². The van der Waals surface area contributed by atoms with Crippen molar-refractivity contribution in [2.75, 3.05) is 33.4 Å². The van der Waals surface area contributed by atoms with Crippen molar-refractivity contribution >= 4 is 0 Å². The second-order valence-corrected chi connectivity index (χ2v) is 5.39. The summed E-state index contributed by atoms with van der Waals surface area (Å²) in [5, 5.41) is 12.7. The van der Waals surface area contributed by atoms with Gasteiger partial charge in [-0.2, -0.15) is 5.26 Å². The van der Waals surface area contributed by atoms with E-state index in [-0.39, 0.29) is 5.54 Å². The largest absolute Gasteiger partial charge is 0.383 e. The fraction of sp³-hybridized carbons (Fsp3) is 0.929. The van der Waals surface area contributed by atoms with Crippen molar-refractivity contribution in [1.82, 2.24) is 10.2 Å². The number of nitrogens with one attached hydrogen (secondary N) is 1. The van der Waals surface area contributed by atoms with Crippen LogP contribution in [0.25, 0.3) is 0 Å². The molecular weight excluding hydrogens is 226 g/mol. The topological polar surface area (TPSA) is 48.3 Å². The first-order valence-corrected chi connectivity index (χ1v) is 7.04. The lowest BCUT2D eigenvalue weighted by Gasteiger charge is -2.25. The van der Waals surface area contributed by atoms with Crippen molar-refractivity contribution in [1.29, 1.82) is 5.26 Å². The Morgan fingerprint density at radius 2 is 2.17 bits per heavy atom. The van der Waals surface area contributed by atoms with Crippen LogP contribution in [0, 0.1) is 11.3 Å². The Hall–Kier alpha value is -0.630. The summed E-state index contributed by atoms with van der Waals surface area (Å²) < 4.78 is 5.10. The van der Waals surface area contributed by atoms with E-state index in [0.29, 0.717) is 6.04 Å². The third kappa shape index (κ3) is 5.81. The van der Waals surface area contributed by atoms with Crippen molar-refractivity contribution in [2.45, 2.75) is 51.1 Å². The fourth-order valence-electron chi connectivity index (χ4n) is 2.14. The number of hydrogen-bond donors (Lipinski definition) is 1. The molecule has 0 amide bonds. The molecule has 4 heteroatoms. The molecule has 104 valence electrons. The molecule has 1 unspecified atom stereocenters. The number of nitriles is 1. The number of likely N-dealkylation sites (N-methyl/N-ethyl adjacent to an activating group) is 1. The van der Waals surface area contributed by atoms with E-state index in [1.54, 1.807) is 7.11 Å². The van der Waals surface area contributed by atoms with Crippen LogP contribution in [0.5, 0.6) is 0 Å². The summed E-state index contributed by atoms with van der Waals surface area (Å²) in [5.74, 6) is 0. The van der Waals surface area contributed by atoms with Gasteiger partial charge in [-0.1, -0.05) is 6.92 Å². The van der Waals surface area contributed by atoms with E-state index >= 15 is 0 Å². The highest BCUT2D eigenvalue weighted by Crippen LogP contribution is 2.24. The predicted octanol–water partition coefficient (Wildman–Crippen LogP) is 1.77. The molecule has 1 N–H and O–H groups in total. The maximum Gasteiger partial charge on any atom is 0.104 e. The van der Waals surface area contributed by atoms with Gasteiger partial charge in [0.1, 0.15) is 5.54 Å². The third-order valence-corrected chi connectivity index (χ3v) is 3.56. The first-order chi connectivity index (χ1) is 8.63. The summed E-state index contributed by atoms with van der Waals surface area (Å²) in [6.07, 6.45) is 4.43. The average molecular weight is 253 g/mol. The maximum absolute atomic E-state index is 9.28. The van der Waals surface area contributed by atoms with E-state index in [1.807, 2.05) is 6.92 Å². The molecule has 1 saturated carbocycles. The van der Waals surface area contributed by atoms with Crippen LogP contribution < -0.4 is 5.32 Å². The highest BCUT2D eigenvalue weighted by Gasteiger charge is 2.31. The minimum absolute atomic E-state index is 0.345. The molecule has 0 aromatic carbocycles. The molecular formula is C14H27N3O. The maximum atomic E-state index is 9.28. The monoisotopic (exact) mass is 253 g/mol. The normalized spacial score (nSPS) is 18.6. The summed E-state index contributed by atoms with van der Waals surface area (Å²) in [5.41, 5.74) is -0.345. The van der Waals surface area contributed by atoms with Gasteiger partial charge in [-0.05, 0) is 45.7 Å². The van der Waals surface area contributed by atoms with Gasteiger partial charge in [0, 0.05) is 19.7 Å². The molecule has 0 aliphatic heterocycles. The van der Waals surface area contributed by atoms with Crippen molar-refractivity contribution < 1.29 is 4.74 Å². The average Bonchev–Trinajstić information content (AvgIpc) is 3.17. The van der Waals surface area contributed by atoms with Crippen molar-refractivity contribution in [3.63, 3.8) is 0 Å². The molecule has 0 aromatic rings. The molecule has 1 rings (SSSR count). The van der Waals surface area contributed by atoms with Gasteiger partial charge in [0.15, 0.2) is 0 Å². The summed E-state index contributed by atoms with van der Waals surface area (Å²) in [6.45, 7) is 8.04. The molecule has 1 atom stereocenters. The first-order valence-electron chi connectivity index (χ1n) is 7.04. The van der Waals surface area contributed by atoms with Crippen LogP contribution >= 0.6 is 0 Å². The zero-order valence-corrected chi connectivity index (χ0v) is 12.0. The smallest absolute Gasteiger partial charge is 0.104 e. The molecule has 4 nitrogen and oxygen atoms in total. The SMILES string of the molecule is CCN(CCCC(C)(C#N)NC1CC1)CCOC. The molecule has 1 aliphatic carbocycles. The Morgan fingerprint density at radius 1 is 1.44 bits per heavy atom. The second kappa shape index (κ2) is 7.73. The van der Waals surface area contributed by atoms with Gasteiger partial charge in [-0.25, -0.2) is 0 Å². The Morgan fingerprint density at radius 3 is 2.67 bits per heavy atom. The number of hydrogen-bond acceptors (Lipinski definition) is 4. The summed E-state index contributed by atoms with van der Waals surface area (Å²) in [7, 11) is 1.74. The minimum atomic E-state index is -0.345. The zero-order valence-electron chi connectivity index (χ0n) is 12.0. The van der Waals surface area contributed by atoms with Crippen molar-refractivity contribution in [3.05, 3.63) is 0 Å². The molecule has 18 heavy (non-hydrogen) atoms. The summed E-state index contributed by atoms with van der Waals surface area (Å²) >= 11 is 0. The quantitative estimate of drug-likeness (QED) is 0.644. The predicted molar refractivity (Wildman–Crippen MR) is 73.4 cm³/mol. The lowest BCUT2D eigenvalue weighted by molar-refractivity contribution is 0.148. The summed E-state index contributed by atoms with van der Waals surface area (Å²) in [4.78, 5) is 2.37. The highest BCUT2D eigenvalue weighted by molar-refractivity contribution is 5.07. The molecule has 0 aromatic heterocycles. The molecule has 0 spiro atoms. The Balaban J connectivity index is 2.22. The van der Waals surface area contributed by atoms with E-state index in [9.17, 15) is 5.26 Å². The first kappa shape index (κ1) is 15.4. The molecule has 0 saturated heterocycles. The Kier molecular flexibility index (Phi) is 6.62. The summed E-state index contributed by atoms with van der Waals surface area (Å²) in [6, 6.07) is 3.02. The number of rotatable bonds is 10. The molecule has 0 radical (unpaired) electrons. The number of methoxy groups -OCH3 is 1. The van der Waals surface area contributed by atoms with Gasteiger partial charge in [0.2, 0.25) is 0 Å². The van der Waals surface area contributed by atoms with E-state index in [2.05, 4.69) is 23.2 Å². The lowest BCUT2D eigenvalue weighted by Crippen LogP contribution is -2.43. The molecule has 0 bridgehead atoms.